The first-order valence-corrected chi connectivity index (χ1v) is 7.80. The van der Waals surface area contributed by atoms with Crippen LogP contribution in [0.25, 0.3) is 0 Å². The fraction of sp³-hybridized carbons (Fsp3) is 0.400. The molecule has 0 aliphatic carbocycles. The van der Waals surface area contributed by atoms with E-state index in [-0.39, 0.29) is 16.6 Å². The number of nitrogens with one attached hydrogen (secondary N) is 1. The lowest BCUT2D eigenvalue weighted by Gasteiger charge is -2.13. The maximum atomic E-state index is 13.1. The lowest BCUT2D eigenvalue weighted by atomic mass is 10.3. The number of sulfonamides is 1. The third-order valence-corrected chi connectivity index (χ3v) is 4.38. The molecule has 0 aliphatic heterocycles. The van der Waals surface area contributed by atoms with E-state index in [1.165, 1.54) is 17.8 Å². The Morgan fingerprint density at radius 1 is 1.47 bits per heavy atom. The molecule has 0 saturated heterocycles. The van der Waals surface area contributed by atoms with Crippen LogP contribution >= 0.6 is 11.8 Å². The van der Waals surface area contributed by atoms with Crippen LogP contribution in [0.2, 0.25) is 0 Å². The standard InChI is InChI=1S/C10H15FN2O2S2/c1-7(6-16-2)13-17(14,15)10-4-8(11)3-9(12)5-10/h3-5,7,13H,6,12H2,1-2H3. The summed E-state index contributed by atoms with van der Waals surface area (Å²) in [7, 11) is -3.71. The van der Waals surface area contributed by atoms with E-state index < -0.39 is 15.8 Å². The molecular formula is C10H15FN2O2S2. The minimum Gasteiger partial charge on any atom is -0.399 e. The van der Waals surface area contributed by atoms with Crippen molar-refractivity contribution in [3.05, 3.63) is 24.0 Å². The normalized spacial score (nSPS) is 13.6. The molecule has 0 aliphatic rings. The summed E-state index contributed by atoms with van der Waals surface area (Å²) in [5.41, 5.74) is 5.50. The van der Waals surface area contributed by atoms with Crippen molar-refractivity contribution in [3.8, 4) is 0 Å². The Labute approximate surface area is 105 Å². The molecule has 96 valence electrons. The van der Waals surface area contributed by atoms with E-state index in [1.54, 1.807) is 6.92 Å². The van der Waals surface area contributed by atoms with Crippen LogP contribution in [0.3, 0.4) is 0 Å². The van der Waals surface area contributed by atoms with Gasteiger partial charge in [-0.1, -0.05) is 0 Å². The molecule has 7 heteroatoms. The third kappa shape index (κ3) is 4.18. The Bertz CT molecular complexity index is 471. The Balaban J connectivity index is 2.97. The first-order valence-electron chi connectivity index (χ1n) is 4.92. The molecule has 0 spiro atoms. The summed E-state index contributed by atoms with van der Waals surface area (Å²) < 4.78 is 39.3. The Morgan fingerprint density at radius 2 is 2.12 bits per heavy atom. The van der Waals surface area contributed by atoms with E-state index in [9.17, 15) is 12.8 Å². The number of hydrogen-bond donors (Lipinski definition) is 2. The molecular weight excluding hydrogens is 263 g/mol. The molecule has 1 aromatic carbocycles. The molecule has 1 rings (SSSR count). The van der Waals surface area contributed by atoms with Gasteiger partial charge >= 0.3 is 0 Å². The molecule has 0 amide bonds. The van der Waals surface area contributed by atoms with Crippen LogP contribution in [0.15, 0.2) is 23.1 Å². The molecule has 1 unspecified atom stereocenters. The van der Waals surface area contributed by atoms with Crippen molar-refractivity contribution < 1.29 is 12.8 Å². The van der Waals surface area contributed by atoms with Crippen LogP contribution < -0.4 is 10.5 Å². The Kier molecular flexibility index (Phi) is 4.79. The number of benzene rings is 1. The van der Waals surface area contributed by atoms with Gasteiger partial charge in [0.25, 0.3) is 0 Å². The van der Waals surface area contributed by atoms with Crippen molar-refractivity contribution >= 4 is 27.5 Å². The lowest BCUT2D eigenvalue weighted by Crippen LogP contribution is -2.34. The number of nitrogens with two attached hydrogens (primary N) is 1. The molecule has 0 bridgehead atoms. The Hall–Kier alpha value is -0.790. The summed E-state index contributed by atoms with van der Waals surface area (Å²) in [6.45, 7) is 1.75. The summed E-state index contributed by atoms with van der Waals surface area (Å²) in [6.07, 6.45) is 1.88. The maximum absolute atomic E-state index is 13.1. The van der Waals surface area contributed by atoms with Crippen molar-refractivity contribution in [3.63, 3.8) is 0 Å². The summed E-state index contributed by atoms with van der Waals surface area (Å²) in [5, 5.41) is 0. The fourth-order valence-electron chi connectivity index (χ4n) is 1.36. The highest BCUT2D eigenvalue weighted by molar-refractivity contribution is 7.98. The van der Waals surface area contributed by atoms with E-state index >= 15 is 0 Å². The highest BCUT2D eigenvalue weighted by atomic mass is 32.2. The average Bonchev–Trinajstić information content (AvgIpc) is 2.15. The molecule has 1 atom stereocenters. The van der Waals surface area contributed by atoms with Crippen LogP contribution in [0, 0.1) is 5.82 Å². The zero-order valence-electron chi connectivity index (χ0n) is 9.60. The van der Waals surface area contributed by atoms with Crippen molar-refractivity contribution in [2.24, 2.45) is 0 Å². The molecule has 17 heavy (non-hydrogen) atoms. The first kappa shape index (κ1) is 14.3. The largest absolute Gasteiger partial charge is 0.399 e. The van der Waals surface area contributed by atoms with Crippen LogP contribution in [-0.2, 0) is 10.0 Å². The van der Waals surface area contributed by atoms with Gasteiger partial charge in [-0.05, 0) is 31.4 Å². The second-order valence-electron chi connectivity index (χ2n) is 3.70. The minimum atomic E-state index is -3.71. The van der Waals surface area contributed by atoms with E-state index in [0.717, 1.165) is 12.1 Å². The minimum absolute atomic E-state index is 0.0860. The SMILES string of the molecule is CSCC(C)NS(=O)(=O)c1cc(N)cc(F)c1. The van der Waals surface area contributed by atoms with E-state index in [4.69, 9.17) is 5.73 Å². The zero-order valence-corrected chi connectivity index (χ0v) is 11.2. The summed E-state index contributed by atoms with van der Waals surface area (Å²) in [6, 6.07) is 3.03. The monoisotopic (exact) mass is 278 g/mol. The molecule has 3 N–H and O–H groups in total. The maximum Gasteiger partial charge on any atom is 0.241 e. The quantitative estimate of drug-likeness (QED) is 0.799. The summed E-state index contributed by atoms with van der Waals surface area (Å²) in [5.74, 6) is -0.0211. The topological polar surface area (TPSA) is 72.2 Å². The average molecular weight is 278 g/mol. The summed E-state index contributed by atoms with van der Waals surface area (Å²) >= 11 is 1.53. The highest BCUT2D eigenvalue weighted by Crippen LogP contribution is 2.16. The molecule has 1 aromatic rings. The van der Waals surface area contributed by atoms with E-state index in [2.05, 4.69) is 4.72 Å². The fourth-order valence-corrected chi connectivity index (χ4v) is 3.35. The van der Waals surface area contributed by atoms with Crippen molar-refractivity contribution in [2.75, 3.05) is 17.7 Å². The van der Waals surface area contributed by atoms with Gasteiger partial charge in [-0.2, -0.15) is 11.8 Å². The molecule has 4 nitrogen and oxygen atoms in total. The Morgan fingerprint density at radius 3 is 2.65 bits per heavy atom. The van der Waals surface area contributed by atoms with Gasteiger partial charge in [-0.15, -0.1) is 0 Å². The number of halogens is 1. The number of hydrogen-bond acceptors (Lipinski definition) is 4. The number of thioether (sulfide) groups is 1. The number of rotatable bonds is 5. The third-order valence-electron chi connectivity index (χ3n) is 1.98. The van der Waals surface area contributed by atoms with Crippen LogP contribution in [0.1, 0.15) is 6.92 Å². The van der Waals surface area contributed by atoms with Gasteiger partial charge in [-0.3, -0.25) is 0 Å². The zero-order chi connectivity index (χ0) is 13.1. The molecule has 0 aromatic heterocycles. The first-order chi connectivity index (χ1) is 7.85. The van der Waals surface area contributed by atoms with Gasteiger partial charge in [0, 0.05) is 17.5 Å². The van der Waals surface area contributed by atoms with Gasteiger partial charge in [0.05, 0.1) is 4.90 Å². The smallest absolute Gasteiger partial charge is 0.241 e. The predicted octanol–water partition coefficient (Wildman–Crippen LogP) is 1.44. The van der Waals surface area contributed by atoms with Gasteiger partial charge in [0.2, 0.25) is 10.0 Å². The van der Waals surface area contributed by atoms with Gasteiger partial charge in [-0.25, -0.2) is 17.5 Å². The second kappa shape index (κ2) is 5.70. The van der Waals surface area contributed by atoms with E-state index in [1.807, 2.05) is 6.26 Å². The predicted molar refractivity (Wildman–Crippen MR) is 69.0 cm³/mol. The molecule has 0 fully saturated rings. The van der Waals surface area contributed by atoms with E-state index in [0.29, 0.717) is 5.75 Å². The van der Waals surface area contributed by atoms with Crippen molar-refractivity contribution in [2.45, 2.75) is 17.9 Å². The number of nitrogen functional groups attached to an aromatic ring is 1. The van der Waals surface area contributed by atoms with Crippen molar-refractivity contribution in [1.29, 1.82) is 0 Å². The van der Waals surface area contributed by atoms with Crippen LogP contribution in [0.4, 0.5) is 10.1 Å². The van der Waals surface area contributed by atoms with Crippen LogP contribution in [-0.4, -0.2) is 26.5 Å². The highest BCUT2D eigenvalue weighted by Gasteiger charge is 2.18. The second-order valence-corrected chi connectivity index (χ2v) is 6.32. The summed E-state index contributed by atoms with van der Waals surface area (Å²) in [4.78, 5) is -0.150. The van der Waals surface area contributed by atoms with Crippen molar-refractivity contribution in [1.82, 2.24) is 4.72 Å². The molecule has 0 saturated carbocycles. The molecule has 0 radical (unpaired) electrons. The molecule has 0 heterocycles. The lowest BCUT2D eigenvalue weighted by molar-refractivity contribution is 0.568. The van der Waals surface area contributed by atoms with Crippen LogP contribution in [0.5, 0.6) is 0 Å². The van der Waals surface area contributed by atoms with Gasteiger partial charge in [0.15, 0.2) is 0 Å². The van der Waals surface area contributed by atoms with Gasteiger partial charge < -0.3 is 5.73 Å². The van der Waals surface area contributed by atoms with Gasteiger partial charge in [0.1, 0.15) is 5.82 Å². The number of anilines is 1.